The first-order chi connectivity index (χ1) is 26.7. The number of fused-ring (bicyclic) bond motifs is 4. The summed E-state index contributed by atoms with van der Waals surface area (Å²) >= 11 is 0. The third-order valence-corrected chi connectivity index (χ3v) is 12.3. The van der Waals surface area contributed by atoms with E-state index >= 15 is 0 Å². The van der Waals surface area contributed by atoms with Crippen LogP contribution in [0.5, 0.6) is 0 Å². The lowest BCUT2D eigenvalue weighted by molar-refractivity contribution is 0.610. The molecule has 0 N–H and O–H groups in total. The van der Waals surface area contributed by atoms with Crippen LogP contribution in [-0.2, 0) is 17.3 Å². The number of hydrogen-bond acceptors (Lipinski definition) is 1. The molecule has 0 aliphatic heterocycles. The van der Waals surface area contributed by atoms with E-state index in [0.29, 0.717) is 0 Å². The van der Waals surface area contributed by atoms with E-state index in [2.05, 4.69) is 218 Å². The first-order valence-electron chi connectivity index (χ1n) is 19.2. The van der Waals surface area contributed by atoms with Crippen LogP contribution in [0.3, 0.4) is 0 Å². The molecular weight excluding hydrogens is 651 g/mol. The van der Waals surface area contributed by atoms with Crippen molar-refractivity contribution >= 4 is 17.1 Å². The lowest BCUT2D eigenvalue weighted by Crippen LogP contribution is -2.26. The molecule has 1 atom stereocenters. The minimum atomic E-state index is -0.291. The minimum Gasteiger partial charge on any atom is -0.310 e. The van der Waals surface area contributed by atoms with E-state index in [-0.39, 0.29) is 10.8 Å². The summed E-state index contributed by atoms with van der Waals surface area (Å²) < 4.78 is 0. The summed E-state index contributed by atoms with van der Waals surface area (Å²) in [6.45, 7) is 2.41. The topological polar surface area (TPSA) is 3.24 Å². The second kappa shape index (κ2) is 12.9. The lowest BCUT2D eigenvalue weighted by Gasteiger charge is -2.34. The predicted molar refractivity (Wildman–Crippen MR) is 225 cm³/mol. The van der Waals surface area contributed by atoms with E-state index in [9.17, 15) is 0 Å². The Morgan fingerprint density at radius 3 is 1.59 bits per heavy atom. The van der Waals surface area contributed by atoms with Gasteiger partial charge in [0.1, 0.15) is 0 Å². The minimum absolute atomic E-state index is 0.234. The number of nitrogens with zero attached hydrogens (tertiary/aromatic N) is 1. The van der Waals surface area contributed by atoms with Crippen molar-refractivity contribution in [1.82, 2.24) is 0 Å². The maximum Gasteiger partial charge on any atom is 0.0496 e. The maximum absolute atomic E-state index is 2.52. The van der Waals surface area contributed by atoms with Gasteiger partial charge in [0, 0.05) is 27.9 Å². The molecule has 0 saturated heterocycles. The van der Waals surface area contributed by atoms with E-state index in [1.54, 1.807) is 0 Å². The van der Waals surface area contributed by atoms with Gasteiger partial charge in [-0.1, -0.05) is 176 Å². The van der Waals surface area contributed by atoms with E-state index in [1.807, 2.05) is 0 Å². The number of rotatable bonds is 7. The van der Waals surface area contributed by atoms with Gasteiger partial charge < -0.3 is 4.90 Å². The standard InChI is InChI=1S/C53H41N/c1-52(40-19-8-3-9-20-40)48-26-15-14-25-45(48)46-34-33-44(37-50(46)52)54(43-31-29-39(30-32-43)38-17-6-2-7-18-38)51-28-16-27-49-47(51)35-36-53(49,41-21-10-4-11-22-41)42-23-12-5-13-24-42/h2-34,37H,35-36H2,1H3. The Labute approximate surface area is 318 Å². The first-order valence-corrected chi connectivity index (χ1v) is 19.2. The van der Waals surface area contributed by atoms with Gasteiger partial charge in [0.15, 0.2) is 0 Å². The van der Waals surface area contributed by atoms with Gasteiger partial charge in [-0.05, 0) is 111 Å². The molecule has 1 unspecified atom stereocenters. The zero-order valence-corrected chi connectivity index (χ0v) is 30.5. The van der Waals surface area contributed by atoms with E-state index in [1.165, 1.54) is 72.6 Å². The molecule has 1 nitrogen and oxygen atoms in total. The number of benzene rings is 8. The third-order valence-electron chi connectivity index (χ3n) is 12.3. The Bertz CT molecular complexity index is 2550. The molecule has 8 aromatic rings. The molecule has 2 aliphatic rings. The summed E-state index contributed by atoms with van der Waals surface area (Å²) in [5.74, 6) is 0. The van der Waals surface area contributed by atoms with Gasteiger partial charge in [-0.3, -0.25) is 0 Å². The molecular formula is C53H41N. The highest BCUT2D eigenvalue weighted by atomic mass is 15.1. The molecule has 0 fully saturated rings. The molecule has 258 valence electrons. The third kappa shape index (κ3) is 4.92. The Morgan fingerprint density at radius 1 is 0.407 bits per heavy atom. The van der Waals surface area contributed by atoms with Gasteiger partial charge in [-0.15, -0.1) is 0 Å². The highest BCUT2D eigenvalue weighted by Crippen LogP contribution is 2.56. The highest BCUT2D eigenvalue weighted by Gasteiger charge is 2.44. The Kier molecular flexibility index (Phi) is 7.70. The quantitative estimate of drug-likeness (QED) is 0.161. The Balaban J connectivity index is 1.19. The number of hydrogen-bond donors (Lipinski definition) is 0. The van der Waals surface area contributed by atoms with Crippen molar-refractivity contribution in [3.05, 3.63) is 245 Å². The molecule has 54 heavy (non-hydrogen) atoms. The van der Waals surface area contributed by atoms with Gasteiger partial charge in [0.05, 0.1) is 0 Å². The Hall–Kier alpha value is -6.44. The predicted octanol–water partition coefficient (Wildman–Crippen LogP) is 13.4. The molecule has 0 bridgehead atoms. The van der Waals surface area contributed by atoms with Crippen LogP contribution in [0.25, 0.3) is 22.3 Å². The van der Waals surface area contributed by atoms with Crippen molar-refractivity contribution in [2.75, 3.05) is 4.90 Å². The largest absolute Gasteiger partial charge is 0.310 e. The van der Waals surface area contributed by atoms with Crippen molar-refractivity contribution in [2.24, 2.45) is 0 Å². The molecule has 0 amide bonds. The fourth-order valence-electron chi connectivity index (χ4n) is 9.67. The second-order valence-electron chi connectivity index (χ2n) is 15.0. The molecule has 0 saturated carbocycles. The number of anilines is 3. The lowest BCUT2D eigenvalue weighted by atomic mass is 9.70. The SMILES string of the molecule is CC1(c2ccccc2)c2ccccc2-c2ccc(N(c3ccc(-c4ccccc4)cc3)c3cccc4c3CCC4(c3ccccc3)c3ccccc3)cc21. The molecule has 0 aromatic heterocycles. The van der Waals surface area contributed by atoms with Gasteiger partial charge >= 0.3 is 0 Å². The fraction of sp³-hybridized carbons (Fsp3) is 0.0943. The molecule has 10 rings (SSSR count). The summed E-state index contributed by atoms with van der Waals surface area (Å²) in [5, 5.41) is 0. The summed E-state index contributed by atoms with van der Waals surface area (Å²) in [7, 11) is 0. The average molecular weight is 692 g/mol. The zero-order valence-electron chi connectivity index (χ0n) is 30.5. The van der Waals surface area contributed by atoms with Crippen molar-refractivity contribution < 1.29 is 0 Å². The first kappa shape index (κ1) is 32.2. The fourth-order valence-corrected chi connectivity index (χ4v) is 9.67. The van der Waals surface area contributed by atoms with Gasteiger partial charge in [0.25, 0.3) is 0 Å². The monoisotopic (exact) mass is 691 g/mol. The molecule has 1 heteroatoms. The van der Waals surface area contributed by atoms with Crippen molar-refractivity contribution in [2.45, 2.75) is 30.6 Å². The van der Waals surface area contributed by atoms with Crippen LogP contribution in [0.1, 0.15) is 52.3 Å². The van der Waals surface area contributed by atoms with Crippen molar-refractivity contribution in [3.8, 4) is 22.3 Å². The van der Waals surface area contributed by atoms with E-state index < -0.39 is 0 Å². The molecule has 0 radical (unpaired) electrons. The average Bonchev–Trinajstić information content (AvgIpc) is 3.77. The van der Waals surface area contributed by atoms with Gasteiger partial charge in [0.2, 0.25) is 0 Å². The van der Waals surface area contributed by atoms with Crippen LogP contribution in [0.2, 0.25) is 0 Å². The Morgan fingerprint density at radius 2 is 0.926 bits per heavy atom. The van der Waals surface area contributed by atoms with Gasteiger partial charge in [-0.2, -0.15) is 0 Å². The second-order valence-corrected chi connectivity index (χ2v) is 15.0. The molecule has 2 aliphatic carbocycles. The van der Waals surface area contributed by atoms with Gasteiger partial charge in [-0.25, -0.2) is 0 Å². The molecule has 8 aromatic carbocycles. The summed E-state index contributed by atoms with van der Waals surface area (Å²) in [4.78, 5) is 2.52. The van der Waals surface area contributed by atoms with Crippen LogP contribution in [-0.4, -0.2) is 0 Å². The summed E-state index contributed by atoms with van der Waals surface area (Å²) in [5.41, 5.74) is 17.6. The summed E-state index contributed by atoms with van der Waals surface area (Å²) in [6.07, 6.45) is 1.99. The van der Waals surface area contributed by atoms with Crippen molar-refractivity contribution in [3.63, 3.8) is 0 Å². The highest BCUT2D eigenvalue weighted by molar-refractivity contribution is 5.88. The van der Waals surface area contributed by atoms with Crippen LogP contribution >= 0.6 is 0 Å². The van der Waals surface area contributed by atoms with E-state index in [0.717, 1.165) is 18.5 Å². The smallest absolute Gasteiger partial charge is 0.0496 e. The zero-order chi connectivity index (χ0) is 36.1. The summed E-state index contributed by atoms with van der Waals surface area (Å²) in [6, 6.07) is 76.3. The van der Waals surface area contributed by atoms with Crippen LogP contribution in [0.15, 0.2) is 206 Å². The maximum atomic E-state index is 2.52. The van der Waals surface area contributed by atoms with Crippen molar-refractivity contribution in [1.29, 1.82) is 0 Å². The molecule has 0 spiro atoms. The van der Waals surface area contributed by atoms with Crippen LogP contribution < -0.4 is 4.90 Å². The van der Waals surface area contributed by atoms with E-state index in [4.69, 9.17) is 0 Å². The normalized spacial score (nSPS) is 16.3. The van der Waals surface area contributed by atoms with Crippen LogP contribution in [0.4, 0.5) is 17.1 Å². The van der Waals surface area contributed by atoms with Crippen LogP contribution in [0, 0.1) is 0 Å². The molecule has 0 heterocycles.